The van der Waals surface area contributed by atoms with Gasteiger partial charge in [-0.15, -0.1) is 0 Å². The smallest absolute Gasteiger partial charge is 0.227 e. The zero-order valence-electron chi connectivity index (χ0n) is 12.5. The summed E-state index contributed by atoms with van der Waals surface area (Å²) in [5, 5.41) is 0. The quantitative estimate of drug-likeness (QED) is 0.844. The summed E-state index contributed by atoms with van der Waals surface area (Å²) in [4.78, 5) is 25.8. The van der Waals surface area contributed by atoms with E-state index in [0.29, 0.717) is 11.8 Å². The van der Waals surface area contributed by atoms with Crippen LogP contribution < -0.4 is 4.90 Å². The van der Waals surface area contributed by atoms with E-state index in [1.807, 2.05) is 19.3 Å². The maximum atomic E-state index is 12.7. The first-order chi connectivity index (χ1) is 10.2. The fourth-order valence-electron chi connectivity index (χ4n) is 3.62. The number of rotatable bonds is 3. The molecule has 4 rings (SSSR count). The molecule has 3 heterocycles. The number of carbonyl (C=O) groups is 1. The molecule has 21 heavy (non-hydrogen) atoms. The van der Waals surface area contributed by atoms with E-state index in [9.17, 15) is 4.79 Å². The van der Waals surface area contributed by atoms with Crippen LogP contribution in [0.25, 0.3) is 0 Å². The molecule has 5 heteroatoms. The van der Waals surface area contributed by atoms with E-state index in [1.54, 1.807) is 0 Å². The van der Waals surface area contributed by atoms with Crippen LogP contribution in [0, 0.1) is 24.7 Å². The summed E-state index contributed by atoms with van der Waals surface area (Å²) in [7, 11) is 0. The molecule has 0 radical (unpaired) electrons. The number of fused-ring (bicyclic) bond motifs is 1. The van der Waals surface area contributed by atoms with Crippen LogP contribution in [-0.4, -0.2) is 47.0 Å². The van der Waals surface area contributed by atoms with E-state index in [0.717, 1.165) is 50.0 Å². The highest BCUT2D eigenvalue weighted by Gasteiger charge is 2.44. The summed E-state index contributed by atoms with van der Waals surface area (Å²) in [6.07, 6.45) is 7.45. The summed E-state index contributed by atoms with van der Waals surface area (Å²) in [5.41, 5.74) is 1.07. The molecule has 5 nitrogen and oxygen atoms in total. The van der Waals surface area contributed by atoms with Crippen LogP contribution in [0.3, 0.4) is 0 Å². The van der Waals surface area contributed by atoms with Crippen LogP contribution in [0.4, 0.5) is 5.95 Å². The highest BCUT2D eigenvalue weighted by Crippen LogP contribution is 2.36. The van der Waals surface area contributed by atoms with Gasteiger partial charge in [0.15, 0.2) is 0 Å². The number of nitrogens with zero attached hydrogens (tertiary/aromatic N) is 4. The number of piperidine rings is 1. The molecular weight excluding hydrogens is 264 g/mol. The van der Waals surface area contributed by atoms with E-state index in [-0.39, 0.29) is 5.92 Å². The fourth-order valence-corrected chi connectivity index (χ4v) is 3.62. The number of hydrogen-bond acceptors (Lipinski definition) is 4. The number of aryl methyl sites for hydroxylation is 1. The van der Waals surface area contributed by atoms with Crippen LogP contribution >= 0.6 is 0 Å². The van der Waals surface area contributed by atoms with Crippen LogP contribution in [0.15, 0.2) is 12.4 Å². The Morgan fingerprint density at radius 3 is 2.67 bits per heavy atom. The third-order valence-electron chi connectivity index (χ3n) is 5.07. The number of amides is 1. The average molecular weight is 286 g/mol. The van der Waals surface area contributed by atoms with Crippen LogP contribution in [0.1, 0.15) is 24.8 Å². The Hall–Kier alpha value is -1.65. The normalized spacial score (nSPS) is 28.9. The maximum Gasteiger partial charge on any atom is 0.227 e. The SMILES string of the molecule is Cc1cnc(N2C[C@@H]3CCN(CC4CC4)C(=O)[C@H]3C2)nc1. The van der Waals surface area contributed by atoms with Crippen molar-refractivity contribution in [2.45, 2.75) is 26.2 Å². The molecule has 0 unspecified atom stereocenters. The minimum absolute atomic E-state index is 0.155. The Balaban J connectivity index is 1.46. The molecule has 0 spiro atoms. The topological polar surface area (TPSA) is 49.3 Å². The molecule has 1 aromatic rings. The second-order valence-corrected chi connectivity index (χ2v) is 6.85. The Morgan fingerprint density at radius 1 is 1.19 bits per heavy atom. The molecule has 112 valence electrons. The molecule has 0 bridgehead atoms. The molecule has 0 N–H and O–H groups in total. The van der Waals surface area contributed by atoms with Gasteiger partial charge in [-0.2, -0.15) is 0 Å². The van der Waals surface area contributed by atoms with Gasteiger partial charge in [-0.05, 0) is 43.6 Å². The van der Waals surface area contributed by atoms with Crippen molar-refractivity contribution >= 4 is 11.9 Å². The van der Waals surface area contributed by atoms with E-state index in [2.05, 4.69) is 19.8 Å². The second-order valence-electron chi connectivity index (χ2n) is 6.85. The number of carbonyl (C=O) groups excluding carboxylic acids is 1. The highest BCUT2D eigenvalue weighted by atomic mass is 16.2. The van der Waals surface area contributed by atoms with Gasteiger partial charge in [0, 0.05) is 38.6 Å². The lowest BCUT2D eigenvalue weighted by molar-refractivity contribution is -0.139. The number of hydrogen-bond donors (Lipinski definition) is 0. The van der Waals surface area contributed by atoms with Crippen molar-refractivity contribution in [3.63, 3.8) is 0 Å². The van der Waals surface area contributed by atoms with Gasteiger partial charge >= 0.3 is 0 Å². The third kappa shape index (κ3) is 2.49. The highest BCUT2D eigenvalue weighted by molar-refractivity contribution is 5.81. The molecule has 1 saturated carbocycles. The first-order valence-electron chi connectivity index (χ1n) is 8.03. The third-order valence-corrected chi connectivity index (χ3v) is 5.07. The lowest BCUT2D eigenvalue weighted by Crippen LogP contribution is -2.46. The minimum Gasteiger partial charge on any atom is -0.342 e. The molecule has 1 aliphatic carbocycles. The van der Waals surface area contributed by atoms with Crippen LogP contribution in [0.2, 0.25) is 0 Å². The molecule has 2 aliphatic heterocycles. The van der Waals surface area contributed by atoms with Crippen LogP contribution in [0.5, 0.6) is 0 Å². The average Bonchev–Trinajstić information content (AvgIpc) is 3.19. The summed E-state index contributed by atoms with van der Waals surface area (Å²) in [5.74, 6) is 2.56. The van der Waals surface area contributed by atoms with Crippen molar-refractivity contribution in [2.24, 2.45) is 17.8 Å². The minimum atomic E-state index is 0.155. The largest absolute Gasteiger partial charge is 0.342 e. The zero-order valence-corrected chi connectivity index (χ0v) is 12.5. The lowest BCUT2D eigenvalue weighted by atomic mass is 9.88. The van der Waals surface area contributed by atoms with E-state index >= 15 is 0 Å². The molecule has 2 atom stereocenters. The molecule has 3 fully saturated rings. The predicted octanol–water partition coefficient (Wildman–Crippen LogP) is 1.48. The van der Waals surface area contributed by atoms with Crippen LogP contribution in [-0.2, 0) is 4.79 Å². The van der Waals surface area contributed by atoms with Crippen molar-refractivity contribution in [1.29, 1.82) is 0 Å². The van der Waals surface area contributed by atoms with Gasteiger partial charge in [0.1, 0.15) is 0 Å². The van der Waals surface area contributed by atoms with E-state index in [1.165, 1.54) is 12.8 Å². The summed E-state index contributed by atoms with van der Waals surface area (Å²) < 4.78 is 0. The van der Waals surface area contributed by atoms with E-state index in [4.69, 9.17) is 0 Å². The van der Waals surface area contributed by atoms with Gasteiger partial charge in [0.05, 0.1) is 5.92 Å². The zero-order chi connectivity index (χ0) is 14.4. The first kappa shape index (κ1) is 13.0. The Morgan fingerprint density at radius 2 is 1.95 bits per heavy atom. The van der Waals surface area contributed by atoms with Gasteiger partial charge in [-0.25, -0.2) is 9.97 Å². The number of likely N-dealkylation sites (tertiary alicyclic amines) is 1. The molecule has 3 aliphatic rings. The Labute approximate surface area is 125 Å². The van der Waals surface area contributed by atoms with Crippen molar-refractivity contribution in [1.82, 2.24) is 14.9 Å². The van der Waals surface area contributed by atoms with Crippen molar-refractivity contribution in [3.8, 4) is 0 Å². The van der Waals surface area contributed by atoms with Gasteiger partial charge in [-0.3, -0.25) is 4.79 Å². The monoisotopic (exact) mass is 286 g/mol. The maximum absolute atomic E-state index is 12.7. The molecular formula is C16H22N4O. The Bertz CT molecular complexity index is 540. The first-order valence-corrected chi connectivity index (χ1v) is 8.03. The molecule has 0 aromatic carbocycles. The predicted molar refractivity (Wildman–Crippen MR) is 79.9 cm³/mol. The number of aromatic nitrogens is 2. The summed E-state index contributed by atoms with van der Waals surface area (Å²) >= 11 is 0. The van der Waals surface area contributed by atoms with Gasteiger partial charge in [0.2, 0.25) is 11.9 Å². The Kier molecular flexibility index (Phi) is 3.08. The van der Waals surface area contributed by atoms with E-state index < -0.39 is 0 Å². The van der Waals surface area contributed by atoms with Crippen molar-refractivity contribution < 1.29 is 4.79 Å². The van der Waals surface area contributed by atoms with Gasteiger partial charge < -0.3 is 9.80 Å². The fraction of sp³-hybridized carbons (Fsp3) is 0.688. The lowest BCUT2D eigenvalue weighted by Gasteiger charge is -2.33. The molecule has 1 amide bonds. The second kappa shape index (κ2) is 4.97. The summed E-state index contributed by atoms with van der Waals surface area (Å²) in [6.45, 7) is 5.64. The number of anilines is 1. The standard InChI is InChI=1S/C16H22N4O/c1-11-6-17-16(18-7-11)20-9-13-4-5-19(8-12-2-3-12)15(21)14(13)10-20/h6-7,12-14H,2-5,8-10H2,1H3/t13-,14-/m0/s1. The molecule has 2 saturated heterocycles. The van der Waals surface area contributed by atoms with Crippen molar-refractivity contribution in [3.05, 3.63) is 18.0 Å². The van der Waals surface area contributed by atoms with Crippen molar-refractivity contribution in [2.75, 3.05) is 31.1 Å². The molecule has 1 aromatic heterocycles. The van der Waals surface area contributed by atoms with Gasteiger partial charge in [-0.1, -0.05) is 0 Å². The summed E-state index contributed by atoms with van der Waals surface area (Å²) in [6, 6.07) is 0. The van der Waals surface area contributed by atoms with Gasteiger partial charge in [0.25, 0.3) is 0 Å².